The molecule has 1 atom stereocenters. The first kappa shape index (κ1) is 16.9. The average molecular weight is 350 g/mol. The van der Waals surface area contributed by atoms with Crippen LogP contribution in [0.15, 0.2) is 24.3 Å². The van der Waals surface area contributed by atoms with Crippen molar-refractivity contribution in [1.82, 2.24) is 19.8 Å². The third kappa shape index (κ3) is 3.59. The molecule has 24 heavy (non-hydrogen) atoms. The molecule has 0 radical (unpaired) electrons. The Labute approximate surface area is 141 Å². The molecule has 1 aliphatic heterocycles. The molecule has 1 amide bonds. The van der Waals surface area contributed by atoms with E-state index in [1.807, 2.05) is 36.1 Å². The fourth-order valence-electron chi connectivity index (χ4n) is 3.08. The highest BCUT2D eigenvalue weighted by atomic mass is 32.2. The molecule has 2 heterocycles. The molecule has 0 spiro atoms. The van der Waals surface area contributed by atoms with Crippen molar-refractivity contribution in [3.05, 3.63) is 30.1 Å². The topological polar surface area (TPSA) is 84.3 Å². The largest absolute Gasteiger partial charge is 0.336 e. The number of para-hydroxylation sites is 2. The van der Waals surface area contributed by atoms with E-state index in [0.29, 0.717) is 17.9 Å². The van der Waals surface area contributed by atoms with Crippen molar-refractivity contribution >= 4 is 26.8 Å². The molecular weight excluding hydrogens is 328 g/mol. The molecule has 1 aromatic heterocycles. The van der Waals surface area contributed by atoms with Crippen LogP contribution in [-0.2, 0) is 26.9 Å². The first-order valence-corrected chi connectivity index (χ1v) is 10.0. The van der Waals surface area contributed by atoms with E-state index in [1.165, 1.54) is 6.26 Å². The molecule has 0 aliphatic carbocycles. The van der Waals surface area contributed by atoms with Gasteiger partial charge >= 0.3 is 0 Å². The summed E-state index contributed by atoms with van der Waals surface area (Å²) in [4.78, 5) is 19.0. The van der Waals surface area contributed by atoms with E-state index < -0.39 is 9.84 Å². The van der Waals surface area contributed by atoms with Crippen molar-refractivity contribution < 1.29 is 13.2 Å². The number of aromatic nitrogens is 2. The van der Waals surface area contributed by atoms with Gasteiger partial charge in [-0.1, -0.05) is 12.1 Å². The number of nitrogens with zero attached hydrogens (tertiary/aromatic N) is 3. The molecule has 3 rings (SSSR count). The van der Waals surface area contributed by atoms with Crippen LogP contribution in [-0.4, -0.2) is 60.7 Å². The van der Waals surface area contributed by atoms with E-state index in [-0.39, 0.29) is 24.2 Å². The van der Waals surface area contributed by atoms with Crippen LogP contribution in [0.3, 0.4) is 0 Å². The number of piperazine rings is 1. The minimum absolute atomic E-state index is 0.0121. The van der Waals surface area contributed by atoms with Gasteiger partial charge in [0.1, 0.15) is 18.1 Å². The van der Waals surface area contributed by atoms with Crippen molar-refractivity contribution in [3.63, 3.8) is 0 Å². The van der Waals surface area contributed by atoms with Gasteiger partial charge in [0, 0.05) is 31.9 Å². The predicted molar refractivity (Wildman–Crippen MR) is 92.3 cm³/mol. The third-order valence-corrected chi connectivity index (χ3v) is 5.02. The van der Waals surface area contributed by atoms with Gasteiger partial charge in [-0.25, -0.2) is 13.4 Å². The molecule has 7 nitrogen and oxygen atoms in total. The van der Waals surface area contributed by atoms with Gasteiger partial charge in [0.2, 0.25) is 5.91 Å². The fourth-order valence-corrected chi connectivity index (χ4v) is 3.77. The van der Waals surface area contributed by atoms with Gasteiger partial charge in [-0.05, 0) is 19.1 Å². The van der Waals surface area contributed by atoms with Crippen molar-refractivity contribution in [2.24, 2.45) is 0 Å². The number of amides is 1. The summed E-state index contributed by atoms with van der Waals surface area (Å²) in [5.74, 6) is 0.225. The maximum atomic E-state index is 12.7. The van der Waals surface area contributed by atoms with E-state index in [0.717, 1.165) is 18.6 Å². The van der Waals surface area contributed by atoms with Crippen LogP contribution in [0.1, 0.15) is 12.7 Å². The van der Waals surface area contributed by atoms with Crippen LogP contribution in [0.2, 0.25) is 0 Å². The Kier molecular flexibility index (Phi) is 4.60. The summed E-state index contributed by atoms with van der Waals surface area (Å²) in [6.45, 7) is 4.32. The van der Waals surface area contributed by atoms with E-state index in [4.69, 9.17) is 0 Å². The molecular formula is C16H22N4O3S. The Hall–Kier alpha value is -1.93. The van der Waals surface area contributed by atoms with Crippen LogP contribution >= 0.6 is 0 Å². The van der Waals surface area contributed by atoms with Gasteiger partial charge in [-0.3, -0.25) is 4.79 Å². The zero-order valence-electron chi connectivity index (χ0n) is 13.9. The Morgan fingerprint density at radius 2 is 2.12 bits per heavy atom. The van der Waals surface area contributed by atoms with E-state index in [1.54, 1.807) is 4.57 Å². The standard InChI is InChI=1S/C16H22N4O3S/c1-12-9-17-7-8-19(12)16(21)10-20-14-6-4-3-5-13(14)18-15(20)11-24(2,22)23/h3-6,12,17H,7-11H2,1-2H3/t12-/m1/s1. The summed E-state index contributed by atoms with van der Waals surface area (Å²) in [5, 5.41) is 3.26. The van der Waals surface area contributed by atoms with E-state index >= 15 is 0 Å². The molecule has 1 aromatic carbocycles. The lowest BCUT2D eigenvalue weighted by Gasteiger charge is -2.34. The number of benzene rings is 1. The van der Waals surface area contributed by atoms with Crippen LogP contribution in [0.4, 0.5) is 0 Å². The lowest BCUT2D eigenvalue weighted by Crippen LogP contribution is -2.53. The summed E-state index contributed by atoms with van der Waals surface area (Å²) in [6.07, 6.45) is 1.18. The number of sulfone groups is 1. The first-order chi connectivity index (χ1) is 11.3. The van der Waals surface area contributed by atoms with Crippen LogP contribution in [0.5, 0.6) is 0 Å². The van der Waals surface area contributed by atoms with Gasteiger partial charge in [0.05, 0.1) is 11.0 Å². The maximum Gasteiger partial charge on any atom is 0.242 e. The second kappa shape index (κ2) is 6.52. The third-order valence-electron chi connectivity index (χ3n) is 4.24. The second-order valence-corrected chi connectivity index (χ2v) is 8.45. The lowest BCUT2D eigenvalue weighted by molar-refractivity contribution is -0.134. The van der Waals surface area contributed by atoms with Gasteiger partial charge in [0.25, 0.3) is 0 Å². The molecule has 1 fully saturated rings. The summed E-state index contributed by atoms with van der Waals surface area (Å²) >= 11 is 0. The van der Waals surface area contributed by atoms with Gasteiger partial charge in [-0.15, -0.1) is 0 Å². The molecule has 0 saturated carbocycles. The minimum atomic E-state index is -3.24. The van der Waals surface area contributed by atoms with Crippen molar-refractivity contribution in [2.45, 2.75) is 25.3 Å². The number of fused-ring (bicyclic) bond motifs is 1. The Morgan fingerprint density at radius 3 is 2.83 bits per heavy atom. The highest BCUT2D eigenvalue weighted by Gasteiger charge is 2.25. The second-order valence-electron chi connectivity index (χ2n) is 6.31. The maximum absolute atomic E-state index is 12.7. The number of carbonyl (C=O) groups is 1. The Balaban J connectivity index is 1.94. The molecule has 130 valence electrons. The number of hydrogen-bond acceptors (Lipinski definition) is 5. The van der Waals surface area contributed by atoms with Gasteiger partial charge in [-0.2, -0.15) is 0 Å². The molecule has 1 saturated heterocycles. The Morgan fingerprint density at radius 1 is 1.38 bits per heavy atom. The van der Waals surface area contributed by atoms with E-state index in [9.17, 15) is 13.2 Å². The highest BCUT2D eigenvalue weighted by Crippen LogP contribution is 2.18. The van der Waals surface area contributed by atoms with E-state index in [2.05, 4.69) is 10.3 Å². The quantitative estimate of drug-likeness (QED) is 0.863. The minimum Gasteiger partial charge on any atom is -0.336 e. The summed E-state index contributed by atoms with van der Waals surface area (Å²) < 4.78 is 25.2. The average Bonchev–Trinajstić information content (AvgIpc) is 2.83. The van der Waals surface area contributed by atoms with Gasteiger partial charge < -0.3 is 14.8 Å². The highest BCUT2D eigenvalue weighted by molar-refractivity contribution is 7.89. The van der Waals surface area contributed by atoms with Crippen LogP contribution < -0.4 is 5.32 Å². The number of hydrogen-bond donors (Lipinski definition) is 1. The van der Waals surface area contributed by atoms with Crippen molar-refractivity contribution in [2.75, 3.05) is 25.9 Å². The zero-order chi connectivity index (χ0) is 17.3. The number of carbonyl (C=O) groups excluding carboxylic acids is 1. The summed E-state index contributed by atoms with van der Waals surface area (Å²) in [7, 11) is -3.24. The van der Waals surface area contributed by atoms with Crippen LogP contribution in [0.25, 0.3) is 11.0 Å². The van der Waals surface area contributed by atoms with Crippen molar-refractivity contribution in [3.8, 4) is 0 Å². The zero-order valence-corrected chi connectivity index (χ0v) is 14.7. The molecule has 1 aliphatic rings. The smallest absolute Gasteiger partial charge is 0.242 e. The van der Waals surface area contributed by atoms with Crippen molar-refractivity contribution in [1.29, 1.82) is 0 Å². The molecule has 1 N–H and O–H groups in total. The first-order valence-electron chi connectivity index (χ1n) is 7.97. The summed E-state index contributed by atoms with van der Waals surface area (Å²) in [5.41, 5.74) is 1.49. The molecule has 0 unspecified atom stereocenters. The normalized spacial score (nSPS) is 18.9. The number of rotatable bonds is 4. The monoisotopic (exact) mass is 350 g/mol. The molecule has 2 aromatic rings. The summed E-state index contributed by atoms with van der Waals surface area (Å²) in [6, 6.07) is 7.53. The fraction of sp³-hybridized carbons (Fsp3) is 0.500. The predicted octanol–water partition coefficient (Wildman–Crippen LogP) is 0.401. The van der Waals surface area contributed by atoms with Crippen LogP contribution in [0, 0.1) is 0 Å². The number of imidazole rings is 1. The van der Waals surface area contributed by atoms with Gasteiger partial charge in [0.15, 0.2) is 9.84 Å². The lowest BCUT2D eigenvalue weighted by atomic mass is 10.2. The molecule has 0 bridgehead atoms. The Bertz CT molecular complexity index is 859. The molecule has 8 heteroatoms. The SMILES string of the molecule is C[C@@H]1CNCCN1C(=O)Cn1c(CS(C)(=O)=O)nc2ccccc21. The number of nitrogens with one attached hydrogen (secondary N) is 1.